The molecule has 1 aliphatic carbocycles. The summed E-state index contributed by atoms with van der Waals surface area (Å²) < 4.78 is 10.6. The Kier molecular flexibility index (Phi) is 4.85. The van der Waals surface area contributed by atoms with Crippen LogP contribution in [0.15, 0.2) is 28.8 Å². The first-order chi connectivity index (χ1) is 9.71. The van der Waals surface area contributed by atoms with Gasteiger partial charge in [0.05, 0.1) is 12.6 Å². The lowest BCUT2D eigenvalue weighted by Crippen LogP contribution is -2.44. The Bertz CT molecular complexity index is 596. The third kappa shape index (κ3) is 3.19. The number of hydrogen-bond acceptors (Lipinski definition) is 5. The van der Waals surface area contributed by atoms with Crippen molar-refractivity contribution in [1.29, 1.82) is 0 Å². The molecule has 0 aliphatic heterocycles. The average Bonchev–Trinajstić information content (AvgIpc) is 2.92. The number of rotatable bonds is 5. The summed E-state index contributed by atoms with van der Waals surface area (Å²) in [6.07, 6.45) is 4.53. The van der Waals surface area contributed by atoms with Gasteiger partial charge in [-0.15, -0.1) is 12.4 Å². The van der Waals surface area contributed by atoms with Gasteiger partial charge in [-0.05, 0) is 37.3 Å². The summed E-state index contributed by atoms with van der Waals surface area (Å²) in [5, 5.41) is 4.02. The highest BCUT2D eigenvalue weighted by atomic mass is 35.5. The second kappa shape index (κ2) is 6.45. The molecule has 5 nitrogen and oxygen atoms in total. The molecule has 0 unspecified atom stereocenters. The van der Waals surface area contributed by atoms with Crippen LogP contribution in [0.5, 0.6) is 5.75 Å². The number of nitrogens with zero attached hydrogens (tertiary/aromatic N) is 2. The van der Waals surface area contributed by atoms with Crippen molar-refractivity contribution in [3.8, 4) is 5.75 Å². The molecule has 0 saturated heterocycles. The summed E-state index contributed by atoms with van der Waals surface area (Å²) in [4.78, 5) is 4.43. The van der Waals surface area contributed by atoms with Crippen LogP contribution < -0.4 is 10.5 Å². The maximum absolute atomic E-state index is 6.19. The third-order valence-electron chi connectivity index (χ3n) is 3.96. The third-order valence-corrected chi connectivity index (χ3v) is 3.96. The van der Waals surface area contributed by atoms with Gasteiger partial charge in [-0.3, -0.25) is 0 Å². The molecule has 0 bridgehead atoms. The Morgan fingerprint density at radius 2 is 2.05 bits per heavy atom. The molecule has 1 aromatic heterocycles. The van der Waals surface area contributed by atoms with Crippen molar-refractivity contribution in [2.75, 3.05) is 7.11 Å². The van der Waals surface area contributed by atoms with Gasteiger partial charge in [0.2, 0.25) is 5.89 Å². The summed E-state index contributed by atoms with van der Waals surface area (Å²) in [6, 6.07) is 7.96. The molecule has 0 atom stereocenters. The van der Waals surface area contributed by atoms with Gasteiger partial charge in [-0.25, -0.2) is 0 Å². The molecule has 1 aliphatic rings. The number of aryl methyl sites for hydroxylation is 2. The lowest BCUT2D eigenvalue weighted by molar-refractivity contribution is 0.229. The minimum atomic E-state index is -0.355. The van der Waals surface area contributed by atoms with E-state index in [-0.39, 0.29) is 17.9 Å². The van der Waals surface area contributed by atoms with Gasteiger partial charge in [-0.1, -0.05) is 23.4 Å². The van der Waals surface area contributed by atoms with Gasteiger partial charge in [0.25, 0.3) is 0 Å². The topological polar surface area (TPSA) is 74.2 Å². The summed E-state index contributed by atoms with van der Waals surface area (Å²) >= 11 is 0. The number of methoxy groups -OCH3 is 1. The van der Waals surface area contributed by atoms with Crippen LogP contribution >= 0.6 is 12.4 Å². The van der Waals surface area contributed by atoms with E-state index in [4.69, 9.17) is 15.0 Å². The number of halogens is 1. The minimum absolute atomic E-state index is 0. The molecule has 1 saturated carbocycles. The van der Waals surface area contributed by atoms with Crippen molar-refractivity contribution in [1.82, 2.24) is 10.1 Å². The van der Waals surface area contributed by atoms with E-state index in [9.17, 15) is 0 Å². The van der Waals surface area contributed by atoms with Crippen molar-refractivity contribution < 1.29 is 9.26 Å². The van der Waals surface area contributed by atoms with Crippen LogP contribution in [0, 0.1) is 0 Å². The lowest BCUT2D eigenvalue weighted by atomic mass is 9.77. The van der Waals surface area contributed by atoms with Crippen molar-refractivity contribution in [2.24, 2.45) is 5.73 Å². The van der Waals surface area contributed by atoms with Crippen molar-refractivity contribution in [3.63, 3.8) is 0 Å². The molecule has 0 amide bonds. The Labute approximate surface area is 130 Å². The normalized spacial score (nSPS) is 15.9. The molecule has 0 radical (unpaired) electrons. The van der Waals surface area contributed by atoms with Crippen LogP contribution in [-0.2, 0) is 18.4 Å². The molecule has 1 heterocycles. The smallest absolute Gasteiger partial charge is 0.227 e. The fraction of sp³-hybridized carbons (Fsp3) is 0.467. The molecule has 1 aromatic carbocycles. The highest BCUT2D eigenvalue weighted by Crippen LogP contribution is 2.36. The number of para-hydroxylation sites is 1. The Balaban J connectivity index is 0.00000161. The Morgan fingerprint density at radius 1 is 1.29 bits per heavy atom. The van der Waals surface area contributed by atoms with E-state index in [1.54, 1.807) is 7.11 Å². The van der Waals surface area contributed by atoms with E-state index < -0.39 is 0 Å². The van der Waals surface area contributed by atoms with Crippen LogP contribution in [0.4, 0.5) is 0 Å². The van der Waals surface area contributed by atoms with Crippen LogP contribution in [0.25, 0.3) is 0 Å². The fourth-order valence-electron chi connectivity index (χ4n) is 2.49. The SMILES string of the molecule is COc1ccccc1CCc1nc(C2(N)CCC2)no1.Cl. The maximum Gasteiger partial charge on any atom is 0.227 e. The van der Waals surface area contributed by atoms with E-state index in [0.717, 1.165) is 37.0 Å². The molecule has 0 spiro atoms. The first-order valence-corrected chi connectivity index (χ1v) is 6.95. The Hall–Kier alpha value is -1.59. The average molecular weight is 310 g/mol. The van der Waals surface area contributed by atoms with Crippen LogP contribution in [0.3, 0.4) is 0 Å². The van der Waals surface area contributed by atoms with Gasteiger partial charge in [0, 0.05) is 6.42 Å². The zero-order valence-electron chi connectivity index (χ0n) is 12.0. The molecular formula is C15H20ClN3O2. The van der Waals surface area contributed by atoms with Crippen molar-refractivity contribution >= 4 is 12.4 Å². The largest absolute Gasteiger partial charge is 0.496 e. The number of nitrogens with two attached hydrogens (primary N) is 1. The first kappa shape index (κ1) is 15.8. The van der Waals surface area contributed by atoms with Gasteiger partial charge in [0.1, 0.15) is 5.75 Å². The van der Waals surface area contributed by atoms with Crippen LogP contribution in [-0.4, -0.2) is 17.3 Å². The van der Waals surface area contributed by atoms with E-state index in [1.807, 2.05) is 24.3 Å². The molecular weight excluding hydrogens is 290 g/mol. The predicted molar refractivity (Wildman–Crippen MR) is 81.7 cm³/mol. The standard InChI is InChI=1S/C15H19N3O2.ClH/c1-19-12-6-3-2-5-11(12)7-8-13-17-14(18-20-13)15(16)9-4-10-15;/h2-3,5-6H,4,7-10,16H2,1H3;1H. The fourth-order valence-corrected chi connectivity index (χ4v) is 2.49. The second-order valence-corrected chi connectivity index (χ2v) is 5.33. The van der Waals surface area contributed by atoms with E-state index in [1.165, 1.54) is 0 Å². The molecule has 2 aromatic rings. The van der Waals surface area contributed by atoms with E-state index in [0.29, 0.717) is 18.1 Å². The highest BCUT2D eigenvalue weighted by molar-refractivity contribution is 5.85. The van der Waals surface area contributed by atoms with Crippen molar-refractivity contribution in [3.05, 3.63) is 41.5 Å². The van der Waals surface area contributed by atoms with Gasteiger partial charge >= 0.3 is 0 Å². The summed E-state index contributed by atoms with van der Waals surface area (Å²) in [5.74, 6) is 2.18. The Morgan fingerprint density at radius 3 is 2.71 bits per heavy atom. The van der Waals surface area contributed by atoms with E-state index >= 15 is 0 Å². The monoisotopic (exact) mass is 309 g/mol. The van der Waals surface area contributed by atoms with Crippen LogP contribution in [0.1, 0.15) is 36.5 Å². The second-order valence-electron chi connectivity index (χ2n) is 5.33. The first-order valence-electron chi connectivity index (χ1n) is 6.95. The molecule has 21 heavy (non-hydrogen) atoms. The molecule has 3 rings (SSSR count). The molecule has 2 N–H and O–H groups in total. The maximum atomic E-state index is 6.19. The number of ether oxygens (including phenoxy) is 1. The zero-order chi connectivity index (χ0) is 14.0. The van der Waals surface area contributed by atoms with Gasteiger partial charge < -0.3 is 15.0 Å². The zero-order valence-corrected chi connectivity index (χ0v) is 12.9. The number of hydrogen-bond donors (Lipinski definition) is 1. The summed E-state index contributed by atoms with van der Waals surface area (Å²) in [5.41, 5.74) is 6.97. The van der Waals surface area contributed by atoms with Gasteiger partial charge in [0.15, 0.2) is 5.82 Å². The minimum Gasteiger partial charge on any atom is -0.496 e. The molecule has 114 valence electrons. The van der Waals surface area contributed by atoms with E-state index in [2.05, 4.69) is 10.1 Å². The number of aromatic nitrogens is 2. The van der Waals surface area contributed by atoms with Gasteiger partial charge in [-0.2, -0.15) is 4.98 Å². The summed E-state index contributed by atoms with van der Waals surface area (Å²) in [6.45, 7) is 0. The molecule has 6 heteroatoms. The van der Waals surface area contributed by atoms with Crippen LogP contribution in [0.2, 0.25) is 0 Å². The quantitative estimate of drug-likeness (QED) is 0.919. The van der Waals surface area contributed by atoms with Crippen molar-refractivity contribution in [2.45, 2.75) is 37.6 Å². The lowest BCUT2D eigenvalue weighted by Gasteiger charge is -2.34. The number of benzene rings is 1. The predicted octanol–water partition coefficient (Wildman–Crippen LogP) is 2.62. The molecule has 1 fully saturated rings. The summed E-state index contributed by atoms with van der Waals surface area (Å²) in [7, 11) is 1.68. The highest BCUT2D eigenvalue weighted by Gasteiger charge is 2.38.